The van der Waals surface area contributed by atoms with Gasteiger partial charge in [0.1, 0.15) is 17.3 Å². The van der Waals surface area contributed by atoms with Gasteiger partial charge in [0.15, 0.2) is 0 Å². The van der Waals surface area contributed by atoms with E-state index in [9.17, 15) is 18.5 Å². The molecule has 0 radical (unpaired) electrons. The molecule has 0 saturated carbocycles. The number of anilines is 1. The SMILES string of the molecule is Cc1ccc(NC(=O)C(C#N)=Cc2cn(-c3ccccc3)nc2-c2cccc(S(=O)(=O)N3CCCC(C)C3)c2)cc1. The van der Waals surface area contributed by atoms with Crippen LogP contribution in [0.5, 0.6) is 0 Å². The largest absolute Gasteiger partial charge is 0.321 e. The number of piperidine rings is 1. The van der Waals surface area contributed by atoms with E-state index in [-0.39, 0.29) is 10.5 Å². The number of nitrogens with one attached hydrogen (secondary N) is 1. The number of hydrogen-bond donors (Lipinski definition) is 1. The molecule has 9 heteroatoms. The number of benzene rings is 3. The van der Waals surface area contributed by atoms with Crippen molar-refractivity contribution in [3.05, 3.63) is 102 Å². The zero-order valence-corrected chi connectivity index (χ0v) is 23.8. The minimum absolute atomic E-state index is 0.106. The average molecular weight is 566 g/mol. The predicted molar refractivity (Wildman–Crippen MR) is 160 cm³/mol. The fourth-order valence-electron chi connectivity index (χ4n) is 4.89. The van der Waals surface area contributed by atoms with Crippen molar-refractivity contribution in [3.63, 3.8) is 0 Å². The molecule has 0 aliphatic carbocycles. The molecule has 8 nitrogen and oxygen atoms in total. The van der Waals surface area contributed by atoms with Crippen LogP contribution in [0, 0.1) is 24.2 Å². The highest BCUT2D eigenvalue weighted by molar-refractivity contribution is 7.89. The Hall–Kier alpha value is -4.52. The molecule has 0 spiro atoms. The third kappa shape index (κ3) is 6.30. The number of hydrogen-bond acceptors (Lipinski definition) is 5. The molecule has 3 aromatic carbocycles. The topological polar surface area (TPSA) is 108 Å². The van der Waals surface area contributed by atoms with Crippen molar-refractivity contribution in [2.75, 3.05) is 18.4 Å². The van der Waals surface area contributed by atoms with Crippen molar-refractivity contribution < 1.29 is 13.2 Å². The zero-order chi connectivity index (χ0) is 29.0. The monoisotopic (exact) mass is 565 g/mol. The highest BCUT2D eigenvalue weighted by Crippen LogP contribution is 2.30. The van der Waals surface area contributed by atoms with Crippen LogP contribution >= 0.6 is 0 Å². The molecule has 41 heavy (non-hydrogen) atoms. The minimum Gasteiger partial charge on any atom is -0.321 e. The molecule has 1 amide bonds. The van der Waals surface area contributed by atoms with Gasteiger partial charge in [0, 0.05) is 36.1 Å². The van der Waals surface area contributed by atoms with Crippen LogP contribution in [-0.2, 0) is 14.8 Å². The van der Waals surface area contributed by atoms with Gasteiger partial charge >= 0.3 is 0 Å². The summed E-state index contributed by atoms with van der Waals surface area (Å²) in [5.74, 6) is -0.249. The second kappa shape index (κ2) is 11.9. The second-order valence-electron chi connectivity index (χ2n) is 10.3. The Kier molecular flexibility index (Phi) is 8.15. The summed E-state index contributed by atoms with van der Waals surface area (Å²) in [6.07, 6.45) is 5.06. The lowest BCUT2D eigenvalue weighted by Crippen LogP contribution is -2.39. The predicted octanol–water partition coefficient (Wildman–Crippen LogP) is 5.81. The molecule has 1 aliphatic heterocycles. The van der Waals surface area contributed by atoms with Gasteiger partial charge in [0.2, 0.25) is 10.0 Å². The van der Waals surface area contributed by atoms with Crippen molar-refractivity contribution >= 4 is 27.7 Å². The van der Waals surface area contributed by atoms with Gasteiger partial charge in [-0.2, -0.15) is 14.7 Å². The van der Waals surface area contributed by atoms with Gasteiger partial charge in [-0.3, -0.25) is 4.79 Å². The molecule has 1 atom stereocenters. The molecule has 208 valence electrons. The van der Waals surface area contributed by atoms with Crippen molar-refractivity contribution in [1.29, 1.82) is 5.26 Å². The normalized spacial score (nSPS) is 16.2. The van der Waals surface area contributed by atoms with Crippen molar-refractivity contribution in [3.8, 4) is 23.0 Å². The van der Waals surface area contributed by atoms with Gasteiger partial charge in [0.25, 0.3) is 5.91 Å². The number of rotatable bonds is 7. The van der Waals surface area contributed by atoms with Crippen molar-refractivity contribution in [1.82, 2.24) is 14.1 Å². The standard InChI is InChI=1S/C32H31N5O3S/c1-23-13-15-28(16-14-23)34-32(38)26(20-33)18-27-22-37(29-10-4-3-5-11-29)35-31(27)25-9-6-12-30(19-25)41(39,40)36-17-7-8-24(2)21-36/h3-6,9-16,18-19,22,24H,7-8,17,21H2,1-2H3,(H,34,38). The van der Waals surface area contributed by atoms with Crippen LogP contribution in [0.1, 0.15) is 30.9 Å². The van der Waals surface area contributed by atoms with E-state index in [4.69, 9.17) is 5.10 Å². The summed E-state index contributed by atoms with van der Waals surface area (Å²) >= 11 is 0. The molecule has 1 unspecified atom stereocenters. The van der Waals surface area contributed by atoms with E-state index in [1.807, 2.05) is 55.5 Å². The minimum atomic E-state index is -3.70. The van der Waals surface area contributed by atoms with Crippen LogP contribution in [0.4, 0.5) is 5.69 Å². The summed E-state index contributed by atoms with van der Waals surface area (Å²) in [6, 6.07) is 25.4. The highest BCUT2D eigenvalue weighted by Gasteiger charge is 2.29. The molecular formula is C32H31N5O3S. The number of sulfonamides is 1. The highest BCUT2D eigenvalue weighted by atomic mass is 32.2. The first-order valence-corrected chi connectivity index (χ1v) is 14.9. The Morgan fingerprint density at radius 1 is 1.07 bits per heavy atom. The lowest BCUT2D eigenvalue weighted by Gasteiger charge is -2.30. The lowest BCUT2D eigenvalue weighted by molar-refractivity contribution is -0.112. The molecule has 1 aliphatic rings. The first-order valence-electron chi connectivity index (χ1n) is 13.5. The number of para-hydroxylation sites is 1. The number of carbonyl (C=O) groups is 1. The zero-order valence-electron chi connectivity index (χ0n) is 23.0. The molecule has 1 N–H and O–H groups in total. The first-order chi connectivity index (χ1) is 19.7. The second-order valence-corrected chi connectivity index (χ2v) is 12.3. The van der Waals surface area contributed by atoms with E-state index in [1.54, 1.807) is 51.6 Å². The van der Waals surface area contributed by atoms with E-state index < -0.39 is 15.9 Å². The third-order valence-electron chi connectivity index (χ3n) is 7.10. The third-order valence-corrected chi connectivity index (χ3v) is 8.96. The van der Waals surface area contributed by atoms with Gasteiger partial charge < -0.3 is 5.32 Å². The average Bonchev–Trinajstić information content (AvgIpc) is 3.41. The molecule has 2 heterocycles. The van der Waals surface area contributed by atoms with Crippen LogP contribution in [0.15, 0.2) is 95.5 Å². The maximum atomic E-state index is 13.5. The molecular weight excluding hydrogens is 534 g/mol. The number of nitriles is 1. The quantitative estimate of drug-likeness (QED) is 0.225. The molecule has 0 bridgehead atoms. The summed E-state index contributed by atoms with van der Waals surface area (Å²) < 4.78 is 30.3. The number of amides is 1. The lowest BCUT2D eigenvalue weighted by atomic mass is 10.0. The maximum Gasteiger partial charge on any atom is 0.266 e. The fourth-order valence-corrected chi connectivity index (χ4v) is 6.53. The Morgan fingerprint density at radius 3 is 2.54 bits per heavy atom. The first kappa shape index (κ1) is 28.0. The summed E-state index contributed by atoms with van der Waals surface area (Å²) in [4.78, 5) is 13.2. The van der Waals surface area contributed by atoms with Crippen LogP contribution < -0.4 is 5.32 Å². The Balaban J connectivity index is 1.55. The van der Waals surface area contributed by atoms with E-state index in [0.717, 1.165) is 24.1 Å². The Morgan fingerprint density at radius 2 is 1.83 bits per heavy atom. The van der Waals surface area contributed by atoms with Crippen LogP contribution in [0.3, 0.4) is 0 Å². The fraction of sp³-hybridized carbons (Fsp3) is 0.219. The van der Waals surface area contributed by atoms with Gasteiger partial charge in [-0.1, -0.05) is 55.0 Å². The van der Waals surface area contributed by atoms with Gasteiger partial charge in [0.05, 0.1) is 10.6 Å². The summed E-state index contributed by atoms with van der Waals surface area (Å²) in [7, 11) is -3.70. The van der Waals surface area contributed by atoms with Crippen molar-refractivity contribution in [2.24, 2.45) is 5.92 Å². The maximum absolute atomic E-state index is 13.5. The van der Waals surface area contributed by atoms with Crippen molar-refractivity contribution in [2.45, 2.75) is 31.6 Å². The summed E-state index contributed by atoms with van der Waals surface area (Å²) in [5.41, 5.74) is 3.82. The number of nitrogens with zero attached hydrogens (tertiary/aromatic N) is 4. The molecule has 4 aromatic rings. The smallest absolute Gasteiger partial charge is 0.266 e. The van der Waals surface area contributed by atoms with Gasteiger partial charge in [-0.05, 0) is 68.2 Å². The molecule has 1 saturated heterocycles. The van der Waals surface area contributed by atoms with Gasteiger partial charge in [-0.25, -0.2) is 13.1 Å². The van der Waals surface area contributed by atoms with Crippen LogP contribution in [0.2, 0.25) is 0 Å². The molecule has 1 aromatic heterocycles. The number of aryl methyl sites for hydroxylation is 1. The summed E-state index contributed by atoms with van der Waals surface area (Å²) in [5, 5.41) is 17.4. The van der Waals surface area contributed by atoms with Crippen LogP contribution in [-0.4, -0.2) is 41.5 Å². The number of carbonyl (C=O) groups excluding carboxylic acids is 1. The Labute approximate surface area is 240 Å². The molecule has 5 rings (SSSR count). The van der Waals surface area contributed by atoms with Gasteiger partial charge in [-0.15, -0.1) is 0 Å². The van der Waals surface area contributed by atoms with Crippen LogP contribution in [0.25, 0.3) is 23.0 Å². The van der Waals surface area contributed by atoms with E-state index >= 15 is 0 Å². The summed E-state index contributed by atoms with van der Waals surface area (Å²) in [6.45, 7) is 5.00. The number of aromatic nitrogens is 2. The van der Waals surface area contributed by atoms with E-state index in [2.05, 4.69) is 12.2 Å². The van der Waals surface area contributed by atoms with E-state index in [0.29, 0.717) is 41.5 Å². The Bertz CT molecular complexity index is 1740. The van der Waals surface area contributed by atoms with E-state index in [1.165, 1.54) is 6.08 Å². The molecule has 1 fully saturated rings.